The number of hydrogen-bond acceptors (Lipinski definition) is 4. The van der Waals surface area contributed by atoms with E-state index < -0.39 is 9.05 Å². The quantitative estimate of drug-likeness (QED) is 0.409. The topological polar surface area (TPSA) is 92.2 Å². The summed E-state index contributed by atoms with van der Waals surface area (Å²) in [7, 11) is -5.61. The smallest absolute Gasteiger partial charge is 0.894 e. The van der Waals surface area contributed by atoms with Crippen LogP contribution in [0.3, 0.4) is 0 Å². The van der Waals surface area contributed by atoms with Crippen molar-refractivity contribution < 1.29 is 19.2 Å². The average Bonchev–Trinajstić information content (AvgIpc) is 0.722. The van der Waals surface area contributed by atoms with Gasteiger partial charge in [-0.2, -0.15) is 0 Å². The summed E-state index contributed by atoms with van der Waals surface area (Å²) in [5, 5.41) is 0. The fraction of sp³-hybridized carbons (Fsp3) is 0. The molecule has 0 atom stereocenters. The Kier molecular flexibility index (Phi) is 30.0. The molecule has 0 amide bonds. The molecule has 0 aromatic carbocycles. The van der Waals surface area contributed by atoms with Crippen LogP contribution in [0.25, 0.3) is 0 Å². The van der Waals surface area contributed by atoms with Crippen molar-refractivity contribution in [2.45, 2.75) is 0 Å². The molecule has 0 saturated carbocycles. The van der Waals surface area contributed by atoms with Crippen molar-refractivity contribution in [1.29, 1.82) is 0 Å². The number of rotatable bonds is 0. The Morgan fingerprint density at radius 2 is 0.875 bits per heavy atom. The molecule has 0 aliphatic carbocycles. The van der Waals surface area contributed by atoms with Gasteiger partial charge in [-0.3, -0.25) is 0 Å². The zero-order chi connectivity index (χ0) is 4.50. The molecule has 0 unspecified atom stereocenters. The van der Waals surface area contributed by atoms with Crippen LogP contribution >= 0.6 is 0 Å². The molecule has 0 radical (unpaired) electrons. The Hall–Kier alpha value is 3.64. The maximum Gasteiger partial charge on any atom is 3.00 e. The van der Waals surface area contributed by atoms with Crippen molar-refractivity contribution >= 4 is 121 Å². The Bertz CT molecular complexity index is 31.5. The number of hydrogen-bond donors (Lipinski definition) is 0. The standard InChI is InChI=1S/Al.Ba.O4Si.Sr/c;;1-5(2,3)4;/q+3;+2;-4;+2. The molecule has 0 fully saturated rings. The van der Waals surface area contributed by atoms with E-state index in [-0.39, 0.29) is 112 Å². The largest absolute Gasteiger partial charge is 3.00 e. The minimum absolute atomic E-state index is 0. The predicted molar refractivity (Wildman–Crippen MR) is 23.0 cm³/mol. The fourth-order valence-electron chi connectivity index (χ4n) is 0. The van der Waals surface area contributed by atoms with Gasteiger partial charge in [0.25, 0.3) is 0 Å². The molecular weight excluding hydrogens is 344 g/mol. The summed E-state index contributed by atoms with van der Waals surface area (Å²) >= 11 is 0. The van der Waals surface area contributed by atoms with Gasteiger partial charge in [0.1, 0.15) is 0 Å². The van der Waals surface area contributed by atoms with Crippen molar-refractivity contribution in [2.24, 2.45) is 0 Å². The maximum atomic E-state index is 8.58. The molecule has 0 aromatic rings. The van der Waals surface area contributed by atoms with E-state index in [4.69, 9.17) is 19.2 Å². The van der Waals surface area contributed by atoms with E-state index in [1.54, 1.807) is 0 Å². The van der Waals surface area contributed by atoms with Crippen molar-refractivity contribution in [3.8, 4) is 0 Å². The molecule has 0 aliphatic rings. The second-order valence-corrected chi connectivity index (χ2v) is 1.50. The molecule has 32 valence electrons. The molecule has 0 N–H and O–H groups in total. The molecule has 0 bridgehead atoms. The third-order valence-electron chi connectivity index (χ3n) is 0. The molecule has 0 saturated heterocycles. The van der Waals surface area contributed by atoms with E-state index in [0.717, 1.165) is 0 Å². The van der Waals surface area contributed by atoms with Crippen LogP contribution in [0.5, 0.6) is 0 Å². The van der Waals surface area contributed by atoms with Gasteiger partial charge in [-0.15, -0.1) is 0 Å². The summed E-state index contributed by atoms with van der Waals surface area (Å²) in [6, 6.07) is 0. The van der Waals surface area contributed by atoms with Crippen LogP contribution < -0.4 is 19.2 Å². The van der Waals surface area contributed by atoms with Crippen molar-refractivity contribution in [2.75, 3.05) is 0 Å². The Labute approximate surface area is 136 Å². The van der Waals surface area contributed by atoms with Gasteiger partial charge in [0.2, 0.25) is 0 Å². The van der Waals surface area contributed by atoms with Gasteiger partial charge in [-0.25, -0.2) is 0 Å². The maximum absolute atomic E-state index is 8.58. The first-order valence-electron chi connectivity index (χ1n) is 0.816. The van der Waals surface area contributed by atoms with Crippen LogP contribution in [-0.2, 0) is 0 Å². The van der Waals surface area contributed by atoms with E-state index in [1.807, 2.05) is 0 Å². The molecule has 0 spiro atoms. The zero-order valence-electron chi connectivity index (χ0n) is 4.12. The van der Waals surface area contributed by atoms with Crippen molar-refractivity contribution in [3.05, 3.63) is 0 Å². The molecule has 4 nitrogen and oxygen atoms in total. The average molecular weight is 344 g/mol. The molecule has 8 heteroatoms. The Balaban J connectivity index is -0.0000000267. The molecule has 0 rings (SSSR count). The third-order valence-corrected chi connectivity index (χ3v) is 0. The normalized spacial score (nSPS) is 7.50. The van der Waals surface area contributed by atoms with Crippen LogP contribution in [0.4, 0.5) is 0 Å². The van der Waals surface area contributed by atoms with Crippen LogP contribution in [0.15, 0.2) is 0 Å². The second kappa shape index (κ2) is 10.6. The first-order valence-corrected chi connectivity index (χ1v) is 2.45. The van der Waals surface area contributed by atoms with Crippen LogP contribution in [-0.4, -0.2) is 121 Å². The van der Waals surface area contributed by atoms with Gasteiger partial charge in [0, 0.05) is 0 Å². The molecule has 0 aromatic heterocycles. The predicted octanol–water partition coefficient (Wildman–Crippen LogP) is -6.28. The van der Waals surface area contributed by atoms with Crippen LogP contribution in [0, 0.1) is 0 Å². The van der Waals surface area contributed by atoms with Gasteiger partial charge in [0.05, 0.1) is 0 Å². The molecule has 0 heterocycles. The molecule has 8 heavy (non-hydrogen) atoms. The van der Waals surface area contributed by atoms with E-state index in [1.165, 1.54) is 0 Å². The van der Waals surface area contributed by atoms with Crippen LogP contribution in [0.2, 0.25) is 0 Å². The summed E-state index contributed by atoms with van der Waals surface area (Å²) in [6.45, 7) is 0. The summed E-state index contributed by atoms with van der Waals surface area (Å²) in [5.41, 5.74) is 0. The fourth-order valence-corrected chi connectivity index (χ4v) is 0. The van der Waals surface area contributed by atoms with E-state index in [9.17, 15) is 0 Å². The minimum atomic E-state index is -5.61. The van der Waals surface area contributed by atoms with Crippen molar-refractivity contribution in [1.82, 2.24) is 0 Å². The first kappa shape index (κ1) is 22.6. The van der Waals surface area contributed by atoms with Crippen LogP contribution in [0.1, 0.15) is 0 Å². The van der Waals surface area contributed by atoms with E-state index in [0.29, 0.717) is 0 Å². The summed E-state index contributed by atoms with van der Waals surface area (Å²) in [5.74, 6) is 0. The Morgan fingerprint density at radius 1 is 0.875 bits per heavy atom. The summed E-state index contributed by atoms with van der Waals surface area (Å²) < 4.78 is 0. The van der Waals surface area contributed by atoms with Gasteiger partial charge in [0.15, 0.2) is 0 Å². The minimum Gasteiger partial charge on any atom is -0.894 e. The monoisotopic (exact) mass is 345 g/mol. The third kappa shape index (κ3) is 54.3. The SMILES string of the molecule is [Al+3].[Ba+2].[O-][Si]([O-])([O-])[O-].[Sr+2]. The zero-order valence-corrected chi connectivity index (χ0v) is 14.2. The first-order chi connectivity index (χ1) is 2.00. The molecular formula is AlBaO4SiSr+3. The Morgan fingerprint density at radius 3 is 0.875 bits per heavy atom. The van der Waals surface area contributed by atoms with Gasteiger partial charge in [-0.1, -0.05) is 0 Å². The van der Waals surface area contributed by atoms with Gasteiger partial charge in [-0.05, 0) is 0 Å². The summed E-state index contributed by atoms with van der Waals surface area (Å²) in [6.07, 6.45) is 0. The molecule has 0 aliphatic heterocycles. The van der Waals surface area contributed by atoms with Crippen molar-refractivity contribution in [3.63, 3.8) is 0 Å². The van der Waals surface area contributed by atoms with E-state index in [2.05, 4.69) is 0 Å². The summed E-state index contributed by atoms with van der Waals surface area (Å²) in [4.78, 5) is 34.3. The van der Waals surface area contributed by atoms with Gasteiger partial charge < -0.3 is 28.2 Å². The van der Waals surface area contributed by atoms with E-state index >= 15 is 0 Å². The second-order valence-electron chi connectivity index (χ2n) is 0.500. The van der Waals surface area contributed by atoms with Gasteiger partial charge >= 0.3 is 112 Å².